The highest BCUT2D eigenvalue weighted by atomic mass is 19.1. The maximum atomic E-state index is 13.5. The van der Waals surface area contributed by atoms with Crippen LogP contribution in [0.4, 0.5) is 15.8 Å². The van der Waals surface area contributed by atoms with E-state index in [-0.39, 0.29) is 30.0 Å². The number of nitrogens with two attached hydrogens (primary N) is 2. The maximum Gasteiger partial charge on any atom is 0.234 e. The van der Waals surface area contributed by atoms with Crippen LogP contribution in [0.2, 0.25) is 0 Å². The zero-order valence-corrected chi connectivity index (χ0v) is 11.6. The number of hydrogen-bond acceptors (Lipinski definition) is 4. The molecule has 21 heavy (non-hydrogen) atoms. The SMILES string of the molecule is NC(=O)C1CCCN1CCC(=O)Nc1cc(N)ccc1F. The molecule has 1 fully saturated rings. The minimum Gasteiger partial charge on any atom is -0.399 e. The molecular weight excluding hydrogens is 275 g/mol. The lowest BCUT2D eigenvalue weighted by atomic mass is 10.2. The quantitative estimate of drug-likeness (QED) is 0.695. The Bertz CT molecular complexity index is 550. The van der Waals surface area contributed by atoms with E-state index in [1.165, 1.54) is 18.2 Å². The van der Waals surface area contributed by atoms with Crippen LogP contribution in [0.3, 0.4) is 0 Å². The Morgan fingerprint density at radius 3 is 2.90 bits per heavy atom. The molecule has 1 aromatic rings. The van der Waals surface area contributed by atoms with E-state index in [2.05, 4.69) is 5.32 Å². The van der Waals surface area contributed by atoms with E-state index in [1.54, 1.807) is 0 Å². The van der Waals surface area contributed by atoms with Crippen molar-refractivity contribution >= 4 is 23.2 Å². The molecule has 1 aromatic carbocycles. The predicted octanol–water partition coefficient (Wildman–Crippen LogP) is 0.686. The Kier molecular flexibility index (Phi) is 4.74. The number of nitrogens with one attached hydrogen (secondary N) is 1. The molecule has 1 saturated heterocycles. The average molecular weight is 294 g/mol. The third-order valence-corrected chi connectivity index (χ3v) is 3.58. The van der Waals surface area contributed by atoms with Crippen molar-refractivity contribution in [2.75, 3.05) is 24.1 Å². The lowest BCUT2D eigenvalue weighted by molar-refractivity contribution is -0.123. The van der Waals surface area contributed by atoms with Gasteiger partial charge in [-0.05, 0) is 37.6 Å². The maximum absolute atomic E-state index is 13.5. The van der Waals surface area contributed by atoms with Gasteiger partial charge in [-0.2, -0.15) is 0 Å². The van der Waals surface area contributed by atoms with E-state index in [0.717, 1.165) is 19.4 Å². The molecule has 0 radical (unpaired) electrons. The van der Waals surface area contributed by atoms with Gasteiger partial charge in [0.1, 0.15) is 5.82 Å². The van der Waals surface area contributed by atoms with Crippen LogP contribution < -0.4 is 16.8 Å². The van der Waals surface area contributed by atoms with Crippen molar-refractivity contribution in [1.82, 2.24) is 4.90 Å². The number of primary amides is 1. The summed E-state index contributed by atoms with van der Waals surface area (Å²) in [5.74, 6) is -1.22. The number of anilines is 2. The van der Waals surface area contributed by atoms with Gasteiger partial charge in [0, 0.05) is 18.7 Å². The first-order valence-electron chi connectivity index (χ1n) is 6.85. The van der Waals surface area contributed by atoms with Crippen LogP contribution in [0.25, 0.3) is 0 Å². The molecule has 114 valence electrons. The molecular formula is C14H19FN4O2. The summed E-state index contributed by atoms with van der Waals surface area (Å²) < 4.78 is 13.5. The van der Waals surface area contributed by atoms with E-state index in [0.29, 0.717) is 12.2 Å². The minimum atomic E-state index is -0.534. The fourth-order valence-corrected chi connectivity index (χ4v) is 2.51. The number of carbonyl (C=O) groups is 2. The Morgan fingerprint density at radius 2 is 2.19 bits per heavy atom. The summed E-state index contributed by atoms with van der Waals surface area (Å²) in [7, 11) is 0. The lowest BCUT2D eigenvalue weighted by Gasteiger charge is -2.21. The second kappa shape index (κ2) is 6.53. The number of hydrogen-bond donors (Lipinski definition) is 3. The molecule has 6 nitrogen and oxygen atoms in total. The Hall–Kier alpha value is -2.15. The molecule has 5 N–H and O–H groups in total. The molecule has 0 aliphatic carbocycles. The van der Waals surface area contributed by atoms with Gasteiger partial charge >= 0.3 is 0 Å². The summed E-state index contributed by atoms with van der Waals surface area (Å²) in [5, 5.41) is 2.48. The topological polar surface area (TPSA) is 101 Å². The summed E-state index contributed by atoms with van der Waals surface area (Å²) in [5.41, 5.74) is 11.3. The number of amides is 2. The van der Waals surface area contributed by atoms with Gasteiger partial charge in [0.15, 0.2) is 0 Å². The fourth-order valence-electron chi connectivity index (χ4n) is 2.51. The number of carbonyl (C=O) groups excluding carboxylic acids is 2. The van der Waals surface area contributed by atoms with Crippen LogP contribution in [0, 0.1) is 5.82 Å². The van der Waals surface area contributed by atoms with Crippen LogP contribution in [-0.2, 0) is 9.59 Å². The average Bonchev–Trinajstić information content (AvgIpc) is 2.89. The smallest absolute Gasteiger partial charge is 0.234 e. The zero-order chi connectivity index (χ0) is 15.4. The van der Waals surface area contributed by atoms with Gasteiger partial charge < -0.3 is 16.8 Å². The molecule has 1 unspecified atom stereocenters. The number of rotatable bonds is 5. The molecule has 7 heteroatoms. The highest BCUT2D eigenvalue weighted by molar-refractivity contribution is 5.91. The normalized spacial score (nSPS) is 18.6. The molecule has 0 spiro atoms. The van der Waals surface area contributed by atoms with Crippen molar-refractivity contribution in [1.29, 1.82) is 0 Å². The van der Waals surface area contributed by atoms with E-state index >= 15 is 0 Å². The van der Waals surface area contributed by atoms with Gasteiger partial charge in [-0.25, -0.2) is 4.39 Å². The van der Waals surface area contributed by atoms with Crippen LogP contribution in [0.5, 0.6) is 0 Å². The second-order valence-corrected chi connectivity index (χ2v) is 5.13. The van der Waals surface area contributed by atoms with Crippen LogP contribution in [0.15, 0.2) is 18.2 Å². The second-order valence-electron chi connectivity index (χ2n) is 5.13. The van der Waals surface area contributed by atoms with Gasteiger partial charge in [0.25, 0.3) is 0 Å². The Balaban J connectivity index is 1.87. The van der Waals surface area contributed by atoms with Crippen molar-refractivity contribution in [3.05, 3.63) is 24.0 Å². The standard InChI is InChI=1S/C14H19FN4O2/c15-10-4-3-9(16)8-11(10)18-13(20)5-7-19-6-1-2-12(19)14(17)21/h3-4,8,12H,1-2,5-7,16H2,(H2,17,21)(H,18,20). The molecule has 2 amide bonds. The Labute approximate surface area is 122 Å². The summed E-state index contributed by atoms with van der Waals surface area (Å²) in [6, 6.07) is 3.69. The fraction of sp³-hybridized carbons (Fsp3) is 0.429. The van der Waals surface area contributed by atoms with Crippen molar-refractivity contribution in [2.45, 2.75) is 25.3 Å². The van der Waals surface area contributed by atoms with Crippen LogP contribution >= 0.6 is 0 Å². The first-order chi connectivity index (χ1) is 9.97. The van der Waals surface area contributed by atoms with E-state index < -0.39 is 5.82 Å². The zero-order valence-electron chi connectivity index (χ0n) is 11.6. The van der Waals surface area contributed by atoms with Crippen LogP contribution in [0.1, 0.15) is 19.3 Å². The first kappa shape index (κ1) is 15.2. The highest BCUT2D eigenvalue weighted by Crippen LogP contribution is 2.19. The first-order valence-corrected chi connectivity index (χ1v) is 6.85. The molecule has 1 atom stereocenters. The number of nitrogen functional groups attached to an aromatic ring is 1. The monoisotopic (exact) mass is 294 g/mol. The van der Waals surface area contributed by atoms with Crippen molar-refractivity contribution in [3.63, 3.8) is 0 Å². The molecule has 1 aliphatic heterocycles. The van der Waals surface area contributed by atoms with Gasteiger partial charge in [-0.3, -0.25) is 14.5 Å². The number of nitrogens with zero attached hydrogens (tertiary/aromatic N) is 1. The molecule has 0 aromatic heterocycles. The summed E-state index contributed by atoms with van der Waals surface area (Å²) in [4.78, 5) is 25.0. The largest absolute Gasteiger partial charge is 0.399 e. The number of benzene rings is 1. The van der Waals surface area contributed by atoms with Crippen molar-refractivity contribution in [3.8, 4) is 0 Å². The summed E-state index contributed by atoms with van der Waals surface area (Å²) in [6.45, 7) is 1.16. The third-order valence-electron chi connectivity index (χ3n) is 3.58. The Morgan fingerprint density at radius 1 is 1.43 bits per heavy atom. The molecule has 0 saturated carbocycles. The third kappa shape index (κ3) is 3.91. The van der Waals surface area contributed by atoms with E-state index in [4.69, 9.17) is 11.5 Å². The van der Waals surface area contributed by atoms with Gasteiger partial charge in [0.05, 0.1) is 11.7 Å². The lowest BCUT2D eigenvalue weighted by Crippen LogP contribution is -2.41. The van der Waals surface area contributed by atoms with Crippen molar-refractivity contribution in [2.24, 2.45) is 5.73 Å². The van der Waals surface area contributed by atoms with Gasteiger partial charge in [0.2, 0.25) is 11.8 Å². The van der Waals surface area contributed by atoms with E-state index in [9.17, 15) is 14.0 Å². The number of likely N-dealkylation sites (tertiary alicyclic amines) is 1. The molecule has 1 aliphatic rings. The summed E-state index contributed by atoms with van der Waals surface area (Å²) in [6.07, 6.45) is 1.78. The highest BCUT2D eigenvalue weighted by Gasteiger charge is 2.28. The molecule has 2 rings (SSSR count). The molecule has 1 heterocycles. The predicted molar refractivity (Wildman–Crippen MR) is 77.8 cm³/mol. The molecule has 0 bridgehead atoms. The minimum absolute atomic E-state index is 0.0628. The van der Waals surface area contributed by atoms with Gasteiger partial charge in [-0.1, -0.05) is 0 Å². The van der Waals surface area contributed by atoms with Gasteiger partial charge in [-0.15, -0.1) is 0 Å². The number of halogens is 1. The van der Waals surface area contributed by atoms with Crippen LogP contribution in [-0.4, -0.2) is 35.8 Å². The summed E-state index contributed by atoms with van der Waals surface area (Å²) >= 11 is 0. The van der Waals surface area contributed by atoms with Crippen molar-refractivity contribution < 1.29 is 14.0 Å². The van der Waals surface area contributed by atoms with E-state index in [1.807, 2.05) is 4.90 Å².